The number of aliphatic hydroxyl groups is 1. The summed E-state index contributed by atoms with van der Waals surface area (Å²) >= 11 is 0. The van der Waals surface area contributed by atoms with E-state index in [0.717, 1.165) is 5.56 Å². The fourth-order valence-corrected chi connectivity index (χ4v) is 1.20. The zero-order chi connectivity index (χ0) is 10.6. The lowest BCUT2D eigenvalue weighted by Crippen LogP contribution is -2.10. The number of hydrogen-bond acceptors (Lipinski definition) is 2. The molecule has 0 heterocycles. The Morgan fingerprint density at radius 3 is 2.86 bits per heavy atom. The van der Waals surface area contributed by atoms with Crippen LogP contribution in [0.2, 0.25) is 0 Å². The first kappa shape index (κ1) is 10.5. The first-order valence-electron chi connectivity index (χ1n) is 4.25. The highest BCUT2D eigenvalue weighted by Crippen LogP contribution is 2.15. The standard InChI is InChI=1S/C11H12O3/c1-2-4-8-5-3-6-9(7-8)10(12)11(13)14/h2-3,5-7,10,12H,1,4H2,(H,13,14). The van der Waals surface area contributed by atoms with Crippen molar-refractivity contribution in [2.45, 2.75) is 12.5 Å². The van der Waals surface area contributed by atoms with Crippen molar-refractivity contribution in [3.8, 4) is 0 Å². The molecule has 3 nitrogen and oxygen atoms in total. The van der Waals surface area contributed by atoms with Gasteiger partial charge in [0.2, 0.25) is 0 Å². The van der Waals surface area contributed by atoms with E-state index in [1.54, 1.807) is 24.3 Å². The molecule has 0 amide bonds. The number of hydrogen-bond donors (Lipinski definition) is 2. The summed E-state index contributed by atoms with van der Waals surface area (Å²) in [6.07, 6.45) is 0.951. The van der Waals surface area contributed by atoms with Gasteiger partial charge in [-0.2, -0.15) is 0 Å². The quantitative estimate of drug-likeness (QED) is 0.711. The summed E-state index contributed by atoms with van der Waals surface area (Å²) in [5.41, 5.74) is 1.34. The maximum atomic E-state index is 10.5. The van der Waals surface area contributed by atoms with E-state index in [-0.39, 0.29) is 0 Å². The highest BCUT2D eigenvalue weighted by atomic mass is 16.4. The van der Waals surface area contributed by atoms with Crippen molar-refractivity contribution in [2.75, 3.05) is 0 Å². The van der Waals surface area contributed by atoms with E-state index in [1.807, 2.05) is 6.07 Å². The Balaban J connectivity index is 2.92. The lowest BCUT2D eigenvalue weighted by atomic mass is 10.0. The molecule has 0 saturated carbocycles. The average Bonchev–Trinajstić information content (AvgIpc) is 2.17. The molecule has 0 spiro atoms. The molecule has 0 saturated heterocycles. The van der Waals surface area contributed by atoms with Crippen LogP contribution in [0.4, 0.5) is 0 Å². The van der Waals surface area contributed by atoms with Crippen LogP contribution in [0.3, 0.4) is 0 Å². The van der Waals surface area contributed by atoms with Crippen molar-refractivity contribution < 1.29 is 15.0 Å². The van der Waals surface area contributed by atoms with E-state index in [2.05, 4.69) is 6.58 Å². The van der Waals surface area contributed by atoms with Gasteiger partial charge in [-0.15, -0.1) is 6.58 Å². The van der Waals surface area contributed by atoms with Crippen molar-refractivity contribution in [1.82, 2.24) is 0 Å². The van der Waals surface area contributed by atoms with Crippen LogP contribution < -0.4 is 0 Å². The molecule has 74 valence electrons. The van der Waals surface area contributed by atoms with Crippen molar-refractivity contribution in [1.29, 1.82) is 0 Å². The Morgan fingerprint density at radius 1 is 1.57 bits per heavy atom. The van der Waals surface area contributed by atoms with Gasteiger partial charge in [0.25, 0.3) is 0 Å². The van der Waals surface area contributed by atoms with Crippen LogP contribution >= 0.6 is 0 Å². The predicted octanol–water partition coefficient (Wildman–Crippen LogP) is 1.53. The van der Waals surface area contributed by atoms with Gasteiger partial charge < -0.3 is 10.2 Å². The van der Waals surface area contributed by atoms with E-state index in [1.165, 1.54) is 0 Å². The number of aliphatic carboxylic acids is 1. The van der Waals surface area contributed by atoms with Crippen molar-refractivity contribution in [3.63, 3.8) is 0 Å². The Kier molecular flexibility index (Phi) is 3.42. The Morgan fingerprint density at radius 2 is 2.29 bits per heavy atom. The van der Waals surface area contributed by atoms with Gasteiger partial charge in [0, 0.05) is 0 Å². The summed E-state index contributed by atoms with van der Waals surface area (Å²) in [7, 11) is 0. The second-order valence-electron chi connectivity index (χ2n) is 2.98. The number of carbonyl (C=O) groups is 1. The molecular weight excluding hydrogens is 180 g/mol. The maximum absolute atomic E-state index is 10.5. The molecule has 14 heavy (non-hydrogen) atoms. The summed E-state index contributed by atoms with van der Waals surface area (Å²) in [5.74, 6) is -1.24. The van der Waals surface area contributed by atoms with Crippen LogP contribution in [0, 0.1) is 0 Å². The largest absolute Gasteiger partial charge is 0.479 e. The van der Waals surface area contributed by atoms with Crippen LogP contribution in [-0.4, -0.2) is 16.2 Å². The molecule has 1 atom stereocenters. The third kappa shape index (κ3) is 2.44. The van der Waals surface area contributed by atoms with E-state index < -0.39 is 12.1 Å². The number of rotatable bonds is 4. The summed E-state index contributed by atoms with van der Waals surface area (Å²) in [5, 5.41) is 17.9. The topological polar surface area (TPSA) is 57.5 Å². The first-order chi connectivity index (χ1) is 6.65. The zero-order valence-corrected chi connectivity index (χ0v) is 7.68. The average molecular weight is 192 g/mol. The van der Waals surface area contributed by atoms with Gasteiger partial charge in [-0.1, -0.05) is 30.3 Å². The number of allylic oxidation sites excluding steroid dienone is 1. The van der Waals surface area contributed by atoms with Gasteiger partial charge in [-0.05, 0) is 17.5 Å². The lowest BCUT2D eigenvalue weighted by molar-refractivity contribution is -0.146. The minimum Gasteiger partial charge on any atom is -0.479 e. The highest BCUT2D eigenvalue weighted by Gasteiger charge is 2.15. The van der Waals surface area contributed by atoms with Gasteiger partial charge in [-0.25, -0.2) is 4.79 Å². The molecule has 1 unspecified atom stereocenters. The Bertz CT molecular complexity index is 344. The number of carboxylic acids is 1. The van der Waals surface area contributed by atoms with Gasteiger partial charge in [0.05, 0.1) is 0 Å². The number of aliphatic hydroxyl groups excluding tert-OH is 1. The minimum atomic E-state index is -1.44. The molecule has 3 heteroatoms. The fraction of sp³-hybridized carbons (Fsp3) is 0.182. The minimum absolute atomic E-state index is 0.400. The third-order valence-electron chi connectivity index (χ3n) is 1.88. The van der Waals surface area contributed by atoms with Crippen LogP contribution in [0.5, 0.6) is 0 Å². The summed E-state index contributed by atoms with van der Waals surface area (Å²) in [4.78, 5) is 10.5. The van der Waals surface area contributed by atoms with E-state index >= 15 is 0 Å². The second-order valence-corrected chi connectivity index (χ2v) is 2.98. The maximum Gasteiger partial charge on any atom is 0.337 e. The van der Waals surface area contributed by atoms with E-state index in [4.69, 9.17) is 5.11 Å². The first-order valence-corrected chi connectivity index (χ1v) is 4.25. The molecule has 0 aliphatic rings. The SMILES string of the molecule is C=CCc1cccc(C(O)C(=O)O)c1. The van der Waals surface area contributed by atoms with Crippen LogP contribution in [-0.2, 0) is 11.2 Å². The van der Waals surface area contributed by atoms with E-state index in [0.29, 0.717) is 12.0 Å². The Labute approximate surface area is 82.3 Å². The second kappa shape index (κ2) is 4.58. The van der Waals surface area contributed by atoms with Crippen LogP contribution in [0.15, 0.2) is 36.9 Å². The zero-order valence-electron chi connectivity index (χ0n) is 7.68. The summed E-state index contributed by atoms with van der Waals surface area (Å²) in [6.45, 7) is 3.59. The molecule has 0 aliphatic carbocycles. The van der Waals surface area contributed by atoms with Gasteiger partial charge >= 0.3 is 5.97 Å². The number of carboxylic acid groups (broad SMARTS) is 1. The molecule has 0 aromatic heterocycles. The lowest BCUT2D eigenvalue weighted by Gasteiger charge is -2.06. The molecule has 2 N–H and O–H groups in total. The number of benzene rings is 1. The van der Waals surface area contributed by atoms with Gasteiger partial charge in [0.1, 0.15) is 0 Å². The van der Waals surface area contributed by atoms with Gasteiger partial charge in [-0.3, -0.25) is 0 Å². The molecular formula is C11H12O3. The highest BCUT2D eigenvalue weighted by molar-refractivity contribution is 5.74. The predicted molar refractivity (Wildman–Crippen MR) is 52.9 cm³/mol. The molecule has 1 aromatic rings. The smallest absolute Gasteiger partial charge is 0.337 e. The van der Waals surface area contributed by atoms with E-state index in [9.17, 15) is 9.90 Å². The van der Waals surface area contributed by atoms with Gasteiger partial charge in [0.15, 0.2) is 6.10 Å². The third-order valence-corrected chi connectivity index (χ3v) is 1.88. The van der Waals surface area contributed by atoms with Crippen molar-refractivity contribution >= 4 is 5.97 Å². The molecule has 0 radical (unpaired) electrons. The normalized spacial score (nSPS) is 12.1. The molecule has 1 aromatic carbocycles. The molecule has 0 fully saturated rings. The monoisotopic (exact) mass is 192 g/mol. The molecule has 1 rings (SSSR count). The summed E-state index contributed by atoms with van der Waals surface area (Å²) in [6, 6.07) is 6.84. The fourth-order valence-electron chi connectivity index (χ4n) is 1.20. The molecule has 0 aliphatic heterocycles. The molecule has 0 bridgehead atoms. The van der Waals surface area contributed by atoms with Crippen LogP contribution in [0.25, 0.3) is 0 Å². The van der Waals surface area contributed by atoms with Crippen molar-refractivity contribution in [3.05, 3.63) is 48.0 Å². The summed E-state index contributed by atoms with van der Waals surface area (Å²) < 4.78 is 0. The Hall–Kier alpha value is -1.61. The van der Waals surface area contributed by atoms with Crippen LogP contribution in [0.1, 0.15) is 17.2 Å². The van der Waals surface area contributed by atoms with Crippen molar-refractivity contribution in [2.24, 2.45) is 0 Å².